The van der Waals surface area contributed by atoms with Crippen LogP contribution in [-0.2, 0) is 17.8 Å². The molecule has 0 radical (unpaired) electrons. The molecule has 6 heteroatoms. The number of para-hydroxylation sites is 1. The van der Waals surface area contributed by atoms with Crippen molar-refractivity contribution >= 4 is 11.6 Å². The number of ether oxygens (including phenoxy) is 1. The van der Waals surface area contributed by atoms with Crippen LogP contribution in [0.4, 0.5) is 0 Å². The lowest BCUT2D eigenvalue weighted by Gasteiger charge is -2.17. The average Bonchev–Trinajstić information content (AvgIpc) is 3.39. The summed E-state index contributed by atoms with van der Waals surface area (Å²) in [6.45, 7) is 3.34. The lowest BCUT2D eigenvalue weighted by atomic mass is 10.2. The van der Waals surface area contributed by atoms with Crippen LogP contribution in [0.15, 0.2) is 54.9 Å². The van der Waals surface area contributed by atoms with Gasteiger partial charge in [0.2, 0.25) is 0 Å². The number of hydrogen-bond acceptors (Lipinski definition) is 4. The highest BCUT2D eigenvalue weighted by atomic mass is 16.5. The summed E-state index contributed by atoms with van der Waals surface area (Å²) in [5.74, 6) is 0.849. The Bertz CT molecular complexity index is 898. The Morgan fingerprint density at radius 1 is 1.11 bits per heavy atom. The number of fused-ring (bicyclic) bond motifs is 1. The van der Waals surface area contributed by atoms with Gasteiger partial charge in [-0.2, -0.15) is 0 Å². The zero-order valence-corrected chi connectivity index (χ0v) is 16.0. The molecule has 2 aromatic heterocycles. The molecular weight excluding hydrogens is 352 g/mol. The predicted molar refractivity (Wildman–Crippen MR) is 108 cm³/mol. The van der Waals surface area contributed by atoms with Gasteiger partial charge in [-0.1, -0.05) is 24.3 Å². The minimum atomic E-state index is 0.0760. The van der Waals surface area contributed by atoms with Crippen LogP contribution in [0, 0.1) is 0 Å². The Balaban J connectivity index is 1.26. The summed E-state index contributed by atoms with van der Waals surface area (Å²) in [6.07, 6.45) is 7.13. The van der Waals surface area contributed by atoms with Crippen LogP contribution in [0.25, 0.3) is 5.65 Å². The Morgan fingerprint density at radius 2 is 1.93 bits per heavy atom. The average molecular weight is 378 g/mol. The number of amides is 1. The third kappa shape index (κ3) is 4.51. The second kappa shape index (κ2) is 8.89. The van der Waals surface area contributed by atoms with Crippen LogP contribution in [-0.4, -0.2) is 46.4 Å². The van der Waals surface area contributed by atoms with Crippen molar-refractivity contribution < 1.29 is 9.53 Å². The summed E-state index contributed by atoms with van der Waals surface area (Å²) >= 11 is 0. The first-order valence-corrected chi connectivity index (χ1v) is 9.91. The molecule has 1 fully saturated rings. The smallest absolute Gasteiger partial charge is 0.260 e. The number of pyridine rings is 1. The number of nitrogens with one attached hydrogen (secondary N) is 1. The van der Waals surface area contributed by atoms with Gasteiger partial charge < -0.3 is 19.4 Å². The number of aromatic nitrogens is 2. The first-order valence-electron chi connectivity index (χ1n) is 9.91. The number of benzene rings is 1. The molecule has 0 aliphatic carbocycles. The van der Waals surface area contributed by atoms with Crippen LogP contribution >= 0.6 is 0 Å². The molecule has 0 bridgehead atoms. The van der Waals surface area contributed by atoms with Crippen molar-refractivity contribution in [3.8, 4) is 5.75 Å². The molecule has 3 heterocycles. The normalized spacial score (nSPS) is 13.9. The van der Waals surface area contributed by atoms with E-state index in [4.69, 9.17) is 4.74 Å². The summed E-state index contributed by atoms with van der Waals surface area (Å²) in [4.78, 5) is 18.7. The maximum Gasteiger partial charge on any atom is 0.260 e. The molecule has 1 aliphatic rings. The molecule has 1 aliphatic heterocycles. The van der Waals surface area contributed by atoms with Gasteiger partial charge in [0, 0.05) is 50.6 Å². The summed E-state index contributed by atoms with van der Waals surface area (Å²) < 4.78 is 7.86. The molecule has 1 amide bonds. The number of nitrogens with zero attached hydrogens (tertiary/aromatic N) is 3. The van der Waals surface area contributed by atoms with Crippen LogP contribution in [0.1, 0.15) is 24.1 Å². The molecule has 4 rings (SSSR count). The molecule has 146 valence electrons. The molecule has 0 spiro atoms. The van der Waals surface area contributed by atoms with Gasteiger partial charge in [0.25, 0.3) is 5.91 Å². The first-order chi connectivity index (χ1) is 13.8. The van der Waals surface area contributed by atoms with Gasteiger partial charge in [0.1, 0.15) is 11.4 Å². The van der Waals surface area contributed by atoms with E-state index in [1.807, 2.05) is 58.0 Å². The molecule has 1 N–H and O–H groups in total. The molecule has 6 nitrogen and oxygen atoms in total. The number of likely N-dealkylation sites (tertiary alicyclic amines) is 1. The van der Waals surface area contributed by atoms with Crippen molar-refractivity contribution in [2.24, 2.45) is 0 Å². The van der Waals surface area contributed by atoms with Crippen LogP contribution in [0.3, 0.4) is 0 Å². The molecular formula is C22H26N4O2. The SMILES string of the molecule is O=C(COc1ccccc1CNCCc1cn2ccccc2n1)N1CCCC1. The minimum Gasteiger partial charge on any atom is -0.483 e. The predicted octanol–water partition coefficient (Wildman–Crippen LogP) is 2.67. The zero-order valence-electron chi connectivity index (χ0n) is 16.0. The van der Waals surface area contributed by atoms with Crippen LogP contribution in [0.5, 0.6) is 5.75 Å². The van der Waals surface area contributed by atoms with Gasteiger partial charge in [-0.3, -0.25) is 4.79 Å². The van der Waals surface area contributed by atoms with E-state index >= 15 is 0 Å². The number of rotatable bonds is 8. The lowest BCUT2D eigenvalue weighted by molar-refractivity contribution is -0.132. The second-order valence-corrected chi connectivity index (χ2v) is 7.11. The summed E-state index contributed by atoms with van der Waals surface area (Å²) in [6, 6.07) is 13.9. The molecule has 1 aromatic carbocycles. The van der Waals surface area contributed by atoms with Crippen molar-refractivity contribution in [2.75, 3.05) is 26.2 Å². The van der Waals surface area contributed by atoms with E-state index in [9.17, 15) is 4.79 Å². The van der Waals surface area contributed by atoms with E-state index in [1.165, 1.54) is 0 Å². The van der Waals surface area contributed by atoms with Crippen molar-refractivity contribution in [1.82, 2.24) is 19.6 Å². The number of hydrogen-bond donors (Lipinski definition) is 1. The van der Waals surface area contributed by atoms with Gasteiger partial charge in [0.15, 0.2) is 6.61 Å². The molecule has 3 aromatic rings. The maximum atomic E-state index is 12.2. The van der Waals surface area contributed by atoms with E-state index in [2.05, 4.69) is 16.5 Å². The summed E-state index contributed by atoms with van der Waals surface area (Å²) in [5.41, 5.74) is 3.10. The lowest BCUT2D eigenvalue weighted by Crippen LogP contribution is -2.32. The third-order valence-electron chi connectivity index (χ3n) is 5.07. The Labute approximate surface area is 165 Å². The highest BCUT2D eigenvalue weighted by Gasteiger charge is 2.18. The Hall–Kier alpha value is -2.86. The van der Waals surface area contributed by atoms with Crippen molar-refractivity contribution in [3.63, 3.8) is 0 Å². The standard InChI is InChI=1S/C22H26N4O2/c27-22(25-12-5-6-13-25)17-28-20-8-2-1-7-18(20)15-23-11-10-19-16-26-14-4-3-9-21(26)24-19/h1-4,7-9,14,16,23H,5-6,10-13,15,17H2. The van der Waals surface area contributed by atoms with Gasteiger partial charge in [-0.15, -0.1) is 0 Å². The van der Waals surface area contributed by atoms with E-state index < -0.39 is 0 Å². The molecule has 1 saturated heterocycles. The van der Waals surface area contributed by atoms with E-state index in [1.54, 1.807) is 0 Å². The van der Waals surface area contributed by atoms with Crippen LogP contribution < -0.4 is 10.1 Å². The first kappa shape index (κ1) is 18.5. The fraction of sp³-hybridized carbons (Fsp3) is 0.364. The quantitative estimate of drug-likeness (QED) is 0.612. The fourth-order valence-electron chi connectivity index (χ4n) is 3.54. The third-order valence-corrected chi connectivity index (χ3v) is 5.07. The van der Waals surface area contributed by atoms with Gasteiger partial charge in [-0.05, 0) is 31.0 Å². The molecule has 0 atom stereocenters. The fourth-order valence-corrected chi connectivity index (χ4v) is 3.54. The summed E-state index contributed by atoms with van der Waals surface area (Å²) in [5, 5.41) is 3.45. The monoisotopic (exact) mass is 378 g/mol. The van der Waals surface area contributed by atoms with Gasteiger partial charge in [0.05, 0.1) is 5.69 Å². The molecule has 0 saturated carbocycles. The van der Waals surface area contributed by atoms with Crippen molar-refractivity contribution in [2.45, 2.75) is 25.8 Å². The van der Waals surface area contributed by atoms with Crippen molar-refractivity contribution in [3.05, 3.63) is 66.1 Å². The minimum absolute atomic E-state index is 0.0760. The number of carbonyl (C=O) groups is 1. The Morgan fingerprint density at radius 3 is 2.79 bits per heavy atom. The van der Waals surface area contributed by atoms with E-state index in [-0.39, 0.29) is 12.5 Å². The highest BCUT2D eigenvalue weighted by Crippen LogP contribution is 2.18. The zero-order chi connectivity index (χ0) is 19.2. The van der Waals surface area contributed by atoms with Crippen LogP contribution in [0.2, 0.25) is 0 Å². The Kier molecular flexibility index (Phi) is 5.87. The molecule has 28 heavy (non-hydrogen) atoms. The topological polar surface area (TPSA) is 58.9 Å². The van der Waals surface area contributed by atoms with Gasteiger partial charge >= 0.3 is 0 Å². The van der Waals surface area contributed by atoms with Gasteiger partial charge in [-0.25, -0.2) is 4.98 Å². The van der Waals surface area contributed by atoms with Crippen molar-refractivity contribution in [1.29, 1.82) is 0 Å². The second-order valence-electron chi connectivity index (χ2n) is 7.11. The highest BCUT2D eigenvalue weighted by molar-refractivity contribution is 5.78. The number of carbonyl (C=O) groups excluding carboxylic acids is 1. The van der Waals surface area contributed by atoms with E-state index in [0.717, 1.165) is 61.6 Å². The molecule has 0 unspecified atom stereocenters. The largest absolute Gasteiger partial charge is 0.483 e. The number of imidazole rings is 1. The summed E-state index contributed by atoms with van der Waals surface area (Å²) in [7, 11) is 0. The van der Waals surface area contributed by atoms with E-state index in [0.29, 0.717) is 6.54 Å². The maximum absolute atomic E-state index is 12.2.